The molecule has 1 N–H and O–H groups in total. The predicted molar refractivity (Wildman–Crippen MR) is 109 cm³/mol. The molecule has 31 heavy (non-hydrogen) atoms. The van der Waals surface area contributed by atoms with Crippen molar-refractivity contribution >= 4 is 18.4 Å². The van der Waals surface area contributed by atoms with Crippen molar-refractivity contribution in [3.05, 3.63) is 70.8 Å². The molecule has 1 atom stereocenters. The van der Waals surface area contributed by atoms with E-state index in [-0.39, 0.29) is 36.7 Å². The van der Waals surface area contributed by atoms with Crippen molar-refractivity contribution in [1.29, 1.82) is 0 Å². The lowest BCUT2D eigenvalue weighted by Gasteiger charge is -2.30. The fraction of sp³-hybridized carbons (Fsp3) is 0.409. The van der Waals surface area contributed by atoms with Crippen LogP contribution < -0.4 is 0 Å². The number of benzene rings is 2. The number of carboxylic acids is 1. The van der Waals surface area contributed by atoms with Gasteiger partial charge in [0.2, 0.25) is 0 Å². The van der Waals surface area contributed by atoms with Crippen LogP contribution in [0, 0.1) is 29.2 Å². The third-order valence-electron chi connectivity index (χ3n) is 5.37. The average Bonchev–Trinajstić information content (AvgIpc) is 2.70. The number of likely N-dealkylation sites (tertiary alicyclic amines) is 1. The van der Waals surface area contributed by atoms with Crippen LogP contribution in [0.1, 0.15) is 29.9 Å². The Morgan fingerprint density at radius 1 is 1.06 bits per heavy atom. The maximum atomic E-state index is 14.4. The molecule has 0 spiro atoms. The van der Waals surface area contributed by atoms with Gasteiger partial charge in [-0.2, -0.15) is 0 Å². The molecule has 1 heterocycles. The quantitative estimate of drug-likeness (QED) is 0.461. The van der Waals surface area contributed by atoms with E-state index < -0.39 is 41.1 Å². The Hall–Kier alpha value is -2.16. The molecule has 0 saturated carbocycles. The summed E-state index contributed by atoms with van der Waals surface area (Å²) < 4.78 is 61.0. The van der Waals surface area contributed by atoms with Gasteiger partial charge in [-0.15, -0.1) is 12.4 Å². The first-order valence-electron chi connectivity index (χ1n) is 9.78. The summed E-state index contributed by atoms with van der Waals surface area (Å²) in [6, 6.07) is 6.03. The third kappa shape index (κ3) is 6.66. The van der Waals surface area contributed by atoms with Crippen molar-refractivity contribution in [1.82, 2.24) is 4.90 Å². The summed E-state index contributed by atoms with van der Waals surface area (Å²) in [5.74, 6) is -5.31. The van der Waals surface area contributed by atoms with Gasteiger partial charge >= 0.3 is 5.97 Å². The van der Waals surface area contributed by atoms with Gasteiger partial charge in [-0.05, 0) is 42.6 Å². The van der Waals surface area contributed by atoms with Gasteiger partial charge < -0.3 is 14.7 Å². The fourth-order valence-corrected chi connectivity index (χ4v) is 3.77. The van der Waals surface area contributed by atoms with Crippen LogP contribution in [0.4, 0.5) is 17.6 Å². The molecular formula is C22H24ClF4NO3. The van der Waals surface area contributed by atoms with Crippen LogP contribution >= 0.6 is 12.4 Å². The number of piperidine rings is 1. The number of hydrogen-bond acceptors (Lipinski definition) is 3. The van der Waals surface area contributed by atoms with Gasteiger partial charge in [-0.25, -0.2) is 17.6 Å². The van der Waals surface area contributed by atoms with Crippen molar-refractivity contribution in [2.45, 2.75) is 18.8 Å². The fourth-order valence-electron chi connectivity index (χ4n) is 3.77. The standard InChI is InChI=1S/C22H23F4NO3.ClH/c23-15-3-5-17(20(25)10-15)19(18-6-4-16(24)11-21(18)26)13-30-9-8-27-7-1-2-14(12-27)22(28)29;/h3-6,10-11,14,19H,1-2,7-9,12-13H2,(H,28,29);1H/t14-;/m1./s1. The monoisotopic (exact) mass is 461 g/mol. The van der Waals surface area contributed by atoms with Crippen LogP contribution in [-0.2, 0) is 9.53 Å². The van der Waals surface area contributed by atoms with Gasteiger partial charge in [-0.1, -0.05) is 12.1 Å². The highest BCUT2D eigenvalue weighted by atomic mass is 35.5. The first-order valence-corrected chi connectivity index (χ1v) is 9.78. The van der Waals surface area contributed by atoms with Crippen LogP contribution in [0.5, 0.6) is 0 Å². The predicted octanol–water partition coefficient (Wildman–Crippen LogP) is 4.61. The first-order chi connectivity index (χ1) is 14.3. The number of aliphatic carboxylic acids is 1. The van der Waals surface area contributed by atoms with Gasteiger partial charge in [0.25, 0.3) is 0 Å². The molecule has 9 heteroatoms. The molecule has 0 aromatic heterocycles. The SMILES string of the molecule is Cl.O=C(O)[C@@H]1CCCN(CCOCC(c2ccc(F)cc2F)c2ccc(F)cc2F)C1. The highest BCUT2D eigenvalue weighted by Gasteiger charge is 2.26. The lowest BCUT2D eigenvalue weighted by molar-refractivity contribution is -0.143. The van der Waals surface area contributed by atoms with E-state index in [1.165, 1.54) is 12.1 Å². The number of ether oxygens (including phenoxy) is 1. The summed E-state index contributed by atoms with van der Waals surface area (Å²) in [6.07, 6.45) is 1.42. The first kappa shape index (κ1) is 25.1. The topological polar surface area (TPSA) is 49.8 Å². The minimum absolute atomic E-state index is 0. The number of carboxylic acid groups (broad SMARTS) is 1. The van der Waals surface area contributed by atoms with Gasteiger partial charge in [0.05, 0.1) is 19.1 Å². The number of rotatable bonds is 8. The Morgan fingerprint density at radius 2 is 1.65 bits per heavy atom. The van der Waals surface area contributed by atoms with Crippen LogP contribution in [0.15, 0.2) is 36.4 Å². The number of carbonyl (C=O) groups is 1. The summed E-state index contributed by atoms with van der Waals surface area (Å²) in [7, 11) is 0. The molecule has 0 aliphatic carbocycles. The van der Waals surface area contributed by atoms with E-state index in [4.69, 9.17) is 9.84 Å². The zero-order valence-corrected chi connectivity index (χ0v) is 17.5. The Labute approximate surface area is 184 Å². The largest absolute Gasteiger partial charge is 0.481 e. The third-order valence-corrected chi connectivity index (χ3v) is 5.37. The normalized spacial score (nSPS) is 16.9. The molecule has 0 amide bonds. The second-order valence-corrected chi connectivity index (χ2v) is 7.44. The molecule has 170 valence electrons. The van der Waals surface area contributed by atoms with Crippen molar-refractivity contribution in [3.8, 4) is 0 Å². The Balaban J connectivity index is 0.00000341. The lowest BCUT2D eigenvalue weighted by Crippen LogP contribution is -2.40. The molecule has 3 rings (SSSR count). The zero-order chi connectivity index (χ0) is 21.7. The molecular weight excluding hydrogens is 438 g/mol. The number of halogens is 5. The molecule has 1 aliphatic rings. The lowest BCUT2D eigenvalue weighted by atomic mass is 9.91. The average molecular weight is 462 g/mol. The van der Waals surface area contributed by atoms with Gasteiger partial charge in [0.1, 0.15) is 23.3 Å². The van der Waals surface area contributed by atoms with Crippen molar-refractivity contribution in [3.63, 3.8) is 0 Å². The minimum Gasteiger partial charge on any atom is -0.481 e. The molecule has 2 aromatic carbocycles. The second-order valence-electron chi connectivity index (χ2n) is 7.44. The van der Waals surface area contributed by atoms with Crippen LogP contribution in [0.2, 0.25) is 0 Å². The summed E-state index contributed by atoms with van der Waals surface area (Å²) >= 11 is 0. The summed E-state index contributed by atoms with van der Waals surface area (Å²) in [4.78, 5) is 13.1. The van der Waals surface area contributed by atoms with E-state index in [0.717, 1.165) is 25.1 Å². The van der Waals surface area contributed by atoms with Crippen molar-refractivity contribution in [2.75, 3.05) is 32.8 Å². The minimum atomic E-state index is -0.890. The van der Waals surface area contributed by atoms with Crippen LogP contribution in [0.3, 0.4) is 0 Å². The Kier molecular flexibility index (Phi) is 9.28. The highest BCUT2D eigenvalue weighted by Crippen LogP contribution is 2.30. The highest BCUT2D eigenvalue weighted by molar-refractivity contribution is 5.85. The molecule has 1 fully saturated rings. The molecule has 2 aromatic rings. The van der Waals surface area contributed by atoms with E-state index in [9.17, 15) is 22.4 Å². The molecule has 1 aliphatic heterocycles. The maximum Gasteiger partial charge on any atom is 0.307 e. The molecule has 0 unspecified atom stereocenters. The Morgan fingerprint density at radius 3 is 2.16 bits per heavy atom. The summed E-state index contributed by atoms with van der Waals surface area (Å²) in [5.41, 5.74) is 0.0941. The second kappa shape index (κ2) is 11.5. The van der Waals surface area contributed by atoms with Gasteiger partial charge in [-0.3, -0.25) is 4.79 Å². The van der Waals surface area contributed by atoms with Crippen LogP contribution in [-0.4, -0.2) is 48.8 Å². The Bertz CT molecular complexity index is 848. The van der Waals surface area contributed by atoms with Gasteiger partial charge in [0.15, 0.2) is 0 Å². The number of hydrogen-bond donors (Lipinski definition) is 1. The van der Waals surface area contributed by atoms with E-state index in [1.54, 1.807) is 0 Å². The van der Waals surface area contributed by atoms with Gasteiger partial charge in [0, 0.05) is 31.1 Å². The summed E-state index contributed by atoms with van der Waals surface area (Å²) in [5, 5.41) is 9.16. The maximum absolute atomic E-state index is 14.4. The van der Waals surface area contributed by atoms with E-state index >= 15 is 0 Å². The van der Waals surface area contributed by atoms with Crippen LogP contribution in [0.25, 0.3) is 0 Å². The molecule has 4 nitrogen and oxygen atoms in total. The summed E-state index contributed by atoms with van der Waals surface area (Å²) in [6.45, 7) is 1.81. The van der Waals surface area contributed by atoms with E-state index in [2.05, 4.69) is 0 Å². The van der Waals surface area contributed by atoms with Crippen molar-refractivity contribution < 1.29 is 32.2 Å². The van der Waals surface area contributed by atoms with Crippen molar-refractivity contribution in [2.24, 2.45) is 5.92 Å². The molecule has 1 saturated heterocycles. The molecule has 0 bridgehead atoms. The van der Waals surface area contributed by atoms with E-state index in [0.29, 0.717) is 31.6 Å². The number of nitrogens with zero attached hydrogens (tertiary/aromatic N) is 1. The zero-order valence-electron chi connectivity index (χ0n) is 16.7. The smallest absolute Gasteiger partial charge is 0.307 e. The molecule has 0 radical (unpaired) electrons. The van der Waals surface area contributed by atoms with E-state index in [1.807, 2.05) is 4.90 Å².